The molecular formula is C10H7F3N4OS2. The Balaban J connectivity index is 2.44. The summed E-state index contributed by atoms with van der Waals surface area (Å²) in [6.07, 6.45) is -4.59. The van der Waals surface area contributed by atoms with Gasteiger partial charge in [0.2, 0.25) is 0 Å². The number of amides is 1. The lowest BCUT2D eigenvalue weighted by Crippen LogP contribution is -2.16. The monoisotopic (exact) mass is 320 g/mol. The van der Waals surface area contributed by atoms with E-state index in [0.29, 0.717) is 10.2 Å². The maximum atomic E-state index is 12.6. The Morgan fingerprint density at radius 1 is 1.35 bits per heavy atom. The summed E-state index contributed by atoms with van der Waals surface area (Å²) in [6, 6.07) is 1.73. The number of aryl methyl sites for hydroxylation is 1. The molecule has 2 rings (SSSR count). The fraction of sp³-hybridized carbons (Fsp3) is 0.200. The number of nitrogens with zero attached hydrogens (tertiary/aromatic N) is 3. The molecule has 0 aromatic carbocycles. The molecule has 0 aliphatic carbocycles. The number of pyridine rings is 1. The summed E-state index contributed by atoms with van der Waals surface area (Å²) in [5.41, 5.74) is 3.95. The molecule has 0 radical (unpaired) electrons. The van der Waals surface area contributed by atoms with Crippen LogP contribution in [0.15, 0.2) is 21.5 Å². The first-order valence-corrected chi connectivity index (χ1v) is 6.72. The molecule has 0 unspecified atom stereocenters. The molecule has 2 aromatic rings. The lowest BCUT2D eigenvalue weighted by atomic mass is 10.2. The van der Waals surface area contributed by atoms with E-state index < -0.39 is 17.8 Å². The fourth-order valence-corrected chi connectivity index (χ4v) is 2.95. The predicted molar refractivity (Wildman–Crippen MR) is 66.5 cm³/mol. The Morgan fingerprint density at radius 2 is 2.05 bits per heavy atom. The minimum Gasteiger partial charge on any atom is -0.366 e. The molecule has 10 heteroatoms. The Bertz CT molecular complexity index is 656. The van der Waals surface area contributed by atoms with Gasteiger partial charge in [-0.1, -0.05) is 0 Å². The van der Waals surface area contributed by atoms with Crippen molar-refractivity contribution in [3.8, 4) is 0 Å². The molecule has 2 aromatic heterocycles. The maximum absolute atomic E-state index is 12.6. The van der Waals surface area contributed by atoms with Crippen LogP contribution in [0, 0.1) is 6.92 Å². The van der Waals surface area contributed by atoms with Crippen molar-refractivity contribution < 1.29 is 18.0 Å². The third-order valence-corrected chi connectivity index (χ3v) is 3.96. The highest BCUT2D eigenvalue weighted by Gasteiger charge is 2.33. The van der Waals surface area contributed by atoms with E-state index in [2.05, 4.69) is 14.3 Å². The highest BCUT2D eigenvalue weighted by molar-refractivity contribution is 8.01. The van der Waals surface area contributed by atoms with Crippen LogP contribution in [0.3, 0.4) is 0 Å². The largest absolute Gasteiger partial charge is 0.433 e. The molecule has 2 N–H and O–H groups in total. The van der Waals surface area contributed by atoms with Crippen LogP contribution >= 0.6 is 23.3 Å². The second-order valence-electron chi connectivity index (χ2n) is 3.62. The van der Waals surface area contributed by atoms with Gasteiger partial charge in [-0.05, 0) is 42.4 Å². The molecule has 1 amide bonds. The van der Waals surface area contributed by atoms with E-state index in [1.165, 1.54) is 0 Å². The molecule has 0 fully saturated rings. The van der Waals surface area contributed by atoms with E-state index in [0.717, 1.165) is 35.4 Å². The van der Waals surface area contributed by atoms with Gasteiger partial charge >= 0.3 is 6.18 Å². The van der Waals surface area contributed by atoms with E-state index in [9.17, 15) is 18.0 Å². The van der Waals surface area contributed by atoms with Gasteiger partial charge in [-0.3, -0.25) is 4.79 Å². The van der Waals surface area contributed by atoms with Crippen LogP contribution in [0.2, 0.25) is 0 Å². The highest BCUT2D eigenvalue weighted by Crippen LogP contribution is 2.34. The van der Waals surface area contributed by atoms with Crippen LogP contribution in [0.1, 0.15) is 21.9 Å². The van der Waals surface area contributed by atoms with Gasteiger partial charge in [-0.25, -0.2) is 9.97 Å². The first-order chi connectivity index (χ1) is 9.27. The Labute approximate surface area is 119 Å². The summed E-state index contributed by atoms with van der Waals surface area (Å²) in [7, 11) is 0. The van der Waals surface area contributed by atoms with Crippen LogP contribution < -0.4 is 5.73 Å². The summed E-state index contributed by atoms with van der Waals surface area (Å²) >= 11 is 1.83. The van der Waals surface area contributed by atoms with Crippen molar-refractivity contribution in [3.63, 3.8) is 0 Å². The topological polar surface area (TPSA) is 81.8 Å². The number of primary amides is 1. The lowest BCUT2D eigenvalue weighted by Gasteiger charge is -2.09. The smallest absolute Gasteiger partial charge is 0.366 e. The second kappa shape index (κ2) is 5.37. The quantitative estimate of drug-likeness (QED) is 0.939. The zero-order valence-electron chi connectivity index (χ0n) is 9.93. The number of halogens is 3. The highest BCUT2D eigenvalue weighted by atomic mass is 32.2. The van der Waals surface area contributed by atoms with Crippen molar-refractivity contribution >= 4 is 29.2 Å². The average molecular weight is 320 g/mol. The number of carbonyl (C=O) groups is 1. The predicted octanol–water partition coefficient (Wildman–Crippen LogP) is 2.51. The maximum Gasteiger partial charge on any atom is 0.433 e. The van der Waals surface area contributed by atoms with Gasteiger partial charge in [-0.15, -0.1) is 0 Å². The molecule has 0 spiro atoms. The average Bonchev–Trinajstić information content (AvgIpc) is 2.73. The lowest BCUT2D eigenvalue weighted by molar-refractivity contribution is -0.141. The zero-order valence-corrected chi connectivity index (χ0v) is 11.6. The minimum atomic E-state index is -4.59. The van der Waals surface area contributed by atoms with Gasteiger partial charge in [0.1, 0.15) is 16.5 Å². The van der Waals surface area contributed by atoms with E-state index in [1.54, 1.807) is 6.92 Å². The first-order valence-electron chi connectivity index (χ1n) is 5.13. The molecule has 0 atom stereocenters. The summed E-state index contributed by atoms with van der Waals surface area (Å²) in [5, 5.41) is -0.136. The van der Waals surface area contributed by atoms with Gasteiger partial charge in [0.05, 0.1) is 5.56 Å². The summed E-state index contributed by atoms with van der Waals surface area (Å²) in [4.78, 5) is 18.7. The Hall–Kier alpha value is -1.68. The van der Waals surface area contributed by atoms with E-state index >= 15 is 0 Å². The number of carbonyl (C=O) groups excluding carboxylic acids is 1. The van der Waals surface area contributed by atoms with Crippen molar-refractivity contribution in [2.75, 3.05) is 0 Å². The molecule has 0 saturated carbocycles. The van der Waals surface area contributed by atoms with Crippen LogP contribution in [-0.2, 0) is 6.18 Å². The van der Waals surface area contributed by atoms with Crippen LogP contribution in [-0.4, -0.2) is 20.2 Å². The molecular weight excluding hydrogens is 313 g/mol. The molecule has 0 bridgehead atoms. The Morgan fingerprint density at radius 3 is 2.55 bits per heavy atom. The van der Waals surface area contributed by atoms with Crippen molar-refractivity contribution in [1.82, 2.24) is 14.3 Å². The number of alkyl halides is 3. The van der Waals surface area contributed by atoms with Crippen molar-refractivity contribution in [2.45, 2.75) is 22.5 Å². The van der Waals surface area contributed by atoms with Crippen LogP contribution in [0.25, 0.3) is 0 Å². The van der Waals surface area contributed by atoms with Crippen LogP contribution in [0.4, 0.5) is 13.2 Å². The number of rotatable bonds is 3. The minimum absolute atomic E-state index is 0.0872. The van der Waals surface area contributed by atoms with E-state index in [-0.39, 0.29) is 10.6 Å². The van der Waals surface area contributed by atoms with Gasteiger partial charge in [0.15, 0.2) is 4.34 Å². The van der Waals surface area contributed by atoms with Gasteiger partial charge in [0, 0.05) is 0 Å². The van der Waals surface area contributed by atoms with E-state index in [1.807, 2.05) is 0 Å². The fourth-order valence-electron chi connectivity index (χ4n) is 1.27. The second-order valence-corrected chi connectivity index (χ2v) is 5.61. The van der Waals surface area contributed by atoms with Gasteiger partial charge in [0.25, 0.3) is 5.91 Å². The van der Waals surface area contributed by atoms with Crippen LogP contribution in [0.5, 0.6) is 0 Å². The third kappa shape index (κ3) is 3.25. The standard InChI is InChI=1S/C10H7F3N4OS2/c1-4-15-9(20-17-4)19-8-5(7(14)18)2-3-6(16-8)10(11,12)13/h2-3H,1H3,(H2,14,18). The molecule has 20 heavy (non-hydrogen) atoms. The van der Waals surface area contributed by atoms with Gasteiger partial charge in [-0.2, -0.15) is 17.5 Å². The number of aromatic nitrogens is 3. The Kier molecular flexibility index (Phi) is 3.95. The summed E-state index contributed by atoms with van der Waals surface area (Å²) < 4.78 is 42.2. The number of nitrogens with two attached hydrogens (primary N) is 1. The zero-order chi connectivity index (χ0) is 14.9. The first kappa shape index (κ1) is 14.7. The molecule has 0 aliphatic heterocycles. The van der Waals surface area contributed by atoms with Gasteiger partial charge < -0.3 is 5.73 Å². The van der Waals surface area contributed by atoms with E-state index in [4.69, 9.17) is 5.73 Å². The van der Waals surface area contributed by atoms with Crippen molar-refractivity contribution in [3.05, 3.63) is 29.2 Å². The SMILES string of the molecule is Cc1nsc(Sc2nc(C(F)(F)F)ccc2C(N)=O)n1. The molecule has 106 valence electrons. The molecule has 0 saturated heterocycles. The number of hydrogen-bond acceptors (Lipinski definition) is 6. The third-order valence-electron chi connectivity index (χ3n) is 2.11. The molecule has 2 heterocycles. The summed E-state index contributed by atoms with van der Waals surface area (Å²) in [5.74, 6) is -0.361. The molecule has 5 nitrogen and oxygen atoms in total. The summed E-state index contributed by atoms with van der Waals surface area (Å²) in [6.45, 7) is 1.65. The van der Waals surface area contributed by atoms with Crippen molar-refractivity contribution in [1.29, 1.82) is 0 Å². The molecule has 0 aliphatic rings. The van der Waals surface area contributed by atoms with Crippen molar-refractivity contribution in [2.24, 2.45) is 5.73 Å². The number of hydrogen-bond donors (Lipinski definition) is 1. The normalized spacial score (nSPS) is 11.6.